The number of alkyl halides is 1. The molecular weight excluding hydrogens is 147 g/mol. The van der Waals surface area contributed by atoms with E-state index in [1.165, 1.54) is 0 Å². The summed E-state index contributed by atoms with van der Waals surface area (Å²) < 4.78 is 0. The van der Waals surface area contributed by atoms with Crippen LogP contribution in [-0.2, 0) is 0 Å². The van der Waals surface area contributed by atoms with Crippen molar-refractivity contribution in [3.8, 4) is 0 Å². The molecule has 0 aromatic carbocycles. The van der Waals surface area contributed by atoms with E-state index in [4.69, 9.17) is 17.3 Å². The molecule has 0 aliphatic carbocycles. The zero-order valence-electron chi connectivity index (χ0n) is 4.69. The van der Waals surface area contributed by atoms with Crippen molar-refractivity contribution in [3.05, 3.63) is 0 Å². The number of nitrogens with two attached hydrogens (primary N) is 1. The Bertz CT molecular complexity index is 31.2. The van der Waals surface area contributed by atoms with Crippen molar-refractivity contribution in [1.29, 1.82) is 0 Å². The third-order valence-electron chi connectivity index (χ3n) is 0.592. The normalized spacial score (nSPS) is 8.25. The molecule has 0 radical (unpaired) electrons. The molecule has 0 bridgehead atoms. The van der Waals surface area contributed by atoms with Gasteiger partial charge in [0, 0.05) is 25.5 Å². The average Bonchev–Trinajstić information content (AvgIpc) is 1.69. The molecule has 52 valence electrons. The fourth-order valence-electron chi connectivity index (χ4n) is 0.294. The number of halogens is 2. The van der Waals surface area contributed by atoms with Gasteiger partial charge in [-0.1, -0.05) is 0 Å². The first-order valence-corrected chi connectivity index (χ1v) is 2.92. The van der Waals surface area contributed by atoms with E-state index < -0.39 is 0 Å². The summed E-state index contributed by atoms with van der Waals surface area (Å²) in [6.45, 7) is 2.42. The van der Waals surface area contributed by atoms with Gasteiger partial charge in [0.05, 0.1) is 0 Å². The Morgan fingerprint density at radius 3 is 2.38 bits per heavy atom. The lowest BCUT2D eigenvalue weighted by molar-refractivity contribution is 0.728. The first kappa shape index (κ1) is 11.3. The van der Waals surface area contributed by atoms with Crippen molar-refractivity contribution in [2.75, 3.05) is 25.5 Å². The average molecular weight is 159 g/mol. The van der Waals surface area contributed by atoms with E-state index in [-0.39, 0.29) is 12.4 Å². The second kappa shape index (κ2) is 10.5. The first-order chi connectivity index (χ1) is 3.41. The Kier molecular flexibility index (Phi) is 14.8. The van der Waals surface area contributed by atoms with Gasteiger partial charge in [0.1, 0.15) is 0 Å². The maximum atomic E-state index is 5.33. The monoisotopic (exact) mass is 158 g/mol. The Labute approximate surface area is 61.2 Å². The summed E-state index contributed by atoms with van der Waals surface area (Å²) in [6.07, 6.45) is 0. The van der Waals surface area contributed by atoms with Gasteiger partial charge in [0.25, 0.3) is 0 Å². The van der Waals surface area contributed by atoms with Crippen molar-refractivity contribution in [3.63, 3.8) is 0 Å². The molecule has 0 aromatic heterocycles. The Morgan fingerprint density at radius 1 is 1.38 bits per heavy atom. The van der Waals surface area contributed by atoms with Crippen LogP contribution < -0.4 is 11.1 Å². The van der Waals surface area contributed by atoms with Crippen LogP contribution in [0.15, 0.2) is 0 Å². The fraction of sp³-hybridized carbons (Fsp3) is 1.00. The van der Waals surface area contributed by atoms with Crippen LogP contribution in [-0.4, -0.2) is 25.5 Å². The Hall–Kier alpha value is 0.500. The summed E-state index contributed by atoms with van der Waals surface area (Å²) in [5.74, 6) is 0.667. The molecule has 0 aromatic rings. The summed E-state index contributed by atoms with van der Waals surface area (Å²) in [5.41, 5.74) is 5.16. The number of hydrogen-bond acceptors (Lipinski definition) is 2. The first-order valence-electron chi connectivity index (χ1n) is 2.38. The highest BCUT2D eigenvalue weighted by molar-refractivity contribution is 6.18. The topological polar surface area (TPSA) is 38.0 Å². The highest BCUT2D eigenvalue weighted by Crippen LogP contribution is 1.66. The van der Waals surface area contributed by atoms with E-state index in [0.29, 0.717) is 12.4 Å². The molecule has 0 saturated carbocycles. The lowest BCUT2D eigenvalue weighted by Gasteiger charge is -1.94. The molecule has 8 heavy (non-hydrogen) atoms. The van der Waals surface area contributed by atoms with Gasteiger partial charge in [-0.05, 0) is 0 Å². The van der Waals surface area contributed by atoms with Crippen LogP contribution in [0, 0.1) is 0 Å². The van der Waals surface area contributed by atoms with E-state index in [2.05, 4.69) is 5.32 Å². The molecule has 0 spiro atoms. The molecule has 3 N–H and O–H groups in total. The standard InChI is InChI=1S/C4H11ClN2.ClH/c5-1-3-7-4-2-6;/h7H,1-4,6H2;1H. The Morgan fingerprint density at radius 2 is 2.00 bits per heavy atom. The van der Waals surface area contributed by atoms with Gasteiger partial charge in [-0.2, -0.15) is 0 Å². The maximum absolute atomic E-state index is 5.33. The molecule has 0 amide bonds. The SMILES string of the molecule is Cl.NCCNCCCl. The van der Waals surface area contributed by atoms with E-state index in [1.807, 2.05) is 0 Å². The van der Waals surface area contributed by atoms with Crippen molar-refractivity contribution < 1.29 is 0 Å². The van der Waals surface area contributed by atoms with Crippen molar-refractivity contribution in [2.24, 2.45) is 5.73 Å². The number of nitrogens with one attached hydrogen (secondary N) is 1. The molecule has 0 saturated heterocycles. The van der Waals surface area contributed by atoms with Gasteiger partial charge in [-0.15, -0.1) is 24.0 Å². The maximum Gasteiger partial charge on any atom is 0.0348 e. The quantitative estimate of drug-likeness (QED) is 0.454. The summed E-state index contributed by atoms with van der Waals surface area (Å²) in [6, 6.07) is 0. The second-order valence-corrected chi connectivity index (χ2v) is 1.61. The molecule has 0 atom stereocenters. The molecule has 0 heterocycles. The van der Waals surface area contributed by atoms with Gasteiger partial charge >= 0.3 is 0 Å². The van der Waals surface area contributed by atoms with Crippen LogP contribution in [0.1, 0.15) is 0 Å². The van der Waals surface area contributed by atoms with Gasteiger partial charge < -0.3 is 11.1 Å². The van der Waals surface area contributed by atoms with E-state index in [0.717, 1.165) is 13.1 Å². The molecular formula is C4H12Cl2N2. The summed E-state index contributed by atoms with van der Waals surface area (Å²) >= 11 is 5.33. The van der Waals surface area contributed by atoms with Gasteiger partial charge in [0.2, 0.25) is 0 Å². The lowest BCUT2D eigenvalue weighted by Crippen LogP contribution is -2.23. The number of hydrogen-bond donors (Lipinski definition) is 2. The van der Waals surface area contributed by atoms with Crippen molar-refractivity contribution >= 4 is 24.0 Å². The van der Waals surface area contributed by atoms with E-state index in [1.54, 1.807) is 0 Å². The largest absolute Gasteiger partial charge is 0.329 e. The summed E-state index contributed by atoms with van der Waals surface area (Å²) in [7, 11) is 0. The molecule has 4 heteroatoms. The third kappa shape index (κ3) is 9.71. The fourth-order valence-corrected chi connectivity index (χ4v) is 0.428. The zero-order chi connectivity index (χ0) is 5.54. The molecule has 0 fully saturated rings. The Balaban J connectivity index is 0. The molecule has 2 nitrogen and oxygen atoms in total. The molecule has 0 aliphatic heterocycles. The summed E-state index contributed by atoms with van der Waals surface area (Å²) in [5, 5.41) is 3.03. The number of rotatable bonds is 4. The minimum absolute atomic E-state index is 0. The molecule has 0 rings (SSSR count). The predicted octanol–water partition coefficient (Wildman–Crippen LogP) is 0.195. The highest BCUT2D eigenvalue weighted by atomic mass is 35.5. The van der Waals surface area contributed by atoms with E-state index >= 15 is 0 Å². The van der Waals surface area contributed by atoms with E-state index in [9.17, 15) is 0 Å². The van der Waals surface area contributed by atoms with Gasteiger partial charge in [-0.3, -0.25) is 0 Å². The van der Waals surface area contributed by atoms with Crippen LogP contribution in [0.4, 0.5) is 0 Å². The van der Waals surface area contributed by atoms with Crippen LogP contribution in [0.3, 0.4) is 0 Å². The smallest absolute Gasteiger partial charge is 0.0348 e. The minimum Gasteiger partial charge on any atom is -0.329 e. The predicted molar refractivity (Wildman–Crippen MR) is 39.9 cm³/mol. The van der Waals surface area contributed by atoms with Crippen LogP contribution in [0.5, 0.6) is 0 Å². The van der Waals surface area contributed by atoms with Crippen LogP contribution >= 0.6 is 24.0 Å². The molecule has 0 aliphatic rings. The van der Waals surface area contributed by atoms with Gasteiger partial charge in [-0.25, -0.2) is 0 Å². The highest BCUT2D eigenvalue weighted by Gasteiger charge is 1.77. The summed E-state index contributed by atoms with van der Waals surface area (Å²) in [4.78, 5) is 0. The second-order valence-electron chi connectivity index (χ2n) is 1.23. The molecule has 0 unspecified atom stereocenters. The van der Waals surface area contributed by atoms with Crippen molar-refractivity contribution in [2.45, 2.75) is 0 Å². The lowest BCUT2D eigenvalue weighted by atomic mass is 10.6. The minimum atomic E-state index is 0. The van der Waals surface area contributed by atoms with Crippen LogP contribution in [0.2, 0.25) is 0 Å². The third-order valence-corrected chi connectivity index (χ3v) is 0.781. The van der Waals surface area contributed by atoms with Gasteiger partial charge in [0.15, 0.2) is 0 Å². The zero-order valence-corrected chi connectivity index (χ0v) is 6.26. The van der Waals surface area contributed by atoms with Crippen molar-refractivity contribution in [1.82, 2.24) is 5.32 Å². The van der Waals surface area contributed by atoms with Crippen LogP contribution in [0.25, 0.3) is 0 Å².